The number of fused-ring (bicyclic) bond motifs is 1. The summed E-state index contributed by atoms with van der Waals surface area (Å²) in [4.78, 5) is 29.5. The fourth-order valence-corrected chi connectivity index (χ4v) is 2.79. The Morgan fingerprint density at radius 1 is 1.35 bits per heavy atom. The van der Waals surface area contributed by atoms with Gasteiger partial charge in [-0.2, -0.15) is 0 Å². The number of furan rings is 1. The average Bonchev–Trinajstić information content (AvgIpc) is 2.88. The zero-order valence-corrected chi connectivity index (χ0v) is 14.5. The van der Waals surface area contributed by atoms with E-state index in [1.807, 2.05) is 0 Å². The molecule has 3 aromatic rings. The predicted octanol–water partition coefficient (Wildman–Crippen LogP) is 3.47. The molecule has 6 nitrogen and oxygen atoms in total. The third kappa shape index (κ3) is 2.98. The number of aromatic nitrogens is 2. The van der Waals surface area contributed by atoms with Crippen molar-refractivity contribution in [1.82, 2.24) is 9.55 Å². The number of amides is 1. The third-order valence-electron chi connectivity index (χ3n) is 4.33. The summed E-state index contributed by atoms with van der Waals surface area (Å²) in [5.41, 5.74) is 0.297. The van der Waals surface area contributed by atoms with Gasteiger partial charge in [-0.3, -0.25) is 14.2 Å². The van der Waals surface area contributed by atoms with Crippen molar-refractivity contribution in [3.8, 4) is 0 Å². The molecule has 0 fully saturated rings. The molecule has 1 unspecified atom stereocenters. The van der Waals surface area contributed by atoms with E-state index >= 15 is 0 Å². The molecule has 0 saturated carbocycles. The average molecular weight is 361 g/mol. The van der Waals surface area contributed by atoms with Gasteiger partial charge in [0.25, 0.3) is 5.56 Å². The number of anilines is 1. The van der Waals surface area contributed by atoms with Crippen molar-refractivity contribution < 1.29 is 18.0 Å². The molecule has 0 saturated heterocycles. The van der Waals surface area contributed by atoms with Crippen LogP contribution in [-0.4, -0.2) is 15.5 Å². The summed E-state index contributed by atoms with van der Waals surface area (Å²) in [5.74, 6) is -1.66. The second-order valence-electron chi connectivity index (χ2n) is 5.96. The maximum atomic E-state index is 13.8. The Balaban J connectivity index is 1.99. The molecule has 3 rings (SSSR count). The van der Waals surface area contributed by atoms with Crippen LogP contribution in [0.1, 0.15) is 30.7 Å². The first-order chi connectivity index (χ1) is 12.3. The van der Waals surface area contributed by atoms with Crippen LogP contribution in [0.3, 0.4) is 0 Å². The summed E-state index contributed by atoms with van der Waals surface area (Å²) < 4.78 is 33.4. The lowest BCUT2D eigenvalue weighted by Crippen LogP contribution is -2.33. The molecule has 136 valence electrons. The lowest BCUT2D eigenvalue weighted by molar-refractivity contribution is -0.119. The third-order valence-corrected chi connectivity index (χ3v) is 4.33. The van der Waals surface area contributed by atoms with Gasteiger partial charge >= 0.3 is 0 Å². The number of hydrogen-bond acceptors (Lipinski definition) is 4. The molecule has 0 radical (unpaired) electrons. The van der Waals surface area contributed by atoms with E-state index in [0.717, 1.165) is 12.1 Å². The number of nitrogens with one attached hydrogen (secondary N) is 1. The lowest BCUT2D eigenvalue weighted by Gasteiger charge is -2.17. The van der Waals surface area contributed by atoms with Crippen molar-refractivity contribution in [2.45, 2.75) is 33.2 Å². The first-order valence-electron chi connectivity index (χ1n) is 8.06. The largest absolute Gasteiger partial charge is 0.443 e. The van der Waals surface area contributed by atoms with Gasteiger partial charge in [0.1, 0.15) is 35.2 Å². The monoisotopic (exact) mass is 361 g/mol. The second kappa shape index (κ2) is 6.70. The van der Waals surface area contributed by atoms with Gasteiger partial charge in [0.05, 0.1) is 5.69 Å². The Hall–Kier alpha value is -3.03. The molecule has 2 aromatic heterocycles. The van der Waals surface area contributed by atoms with Crippen LogP contribution in [0.15, 0.2) is 33.7 Å². The highest BCUT2D eigenvalue weighted by Crippen LogP contribution is 2.22. The van der Waals surface area contributed by atoms with E-state index in [9.17, 15) is 18.4 Å². The van der Waals surface area contributed by atoms with E-state index in [4.69, 9.17) is 4.42 Å². The first-order valence-corrected chi connectivity index (χ1v) is 8.06. The normalized spacial score (nSPS) is 12.3. The SMILES string of the molecule is CCC(C(=O)Nc1ccc(F)cc1F)n1cnc2oc(C)c(C)c2c1=O. The Morgan fingerprint density at radius 3 is 2.73 bits per heavy atom. The number of rotatable bonds is 4. The molecule has 0 aliphatic heterocycles. The van der Waals surface area contributed by atoms with E-state index in [-0.39, 0.29) is 17.8 Å². The molecule has 1 aromatic carbocycles. The van der Waals surface area contributed by atoms with Crippen molar-refractivity contribution in [3.63, 3.8) is 0 Å². The number of nitrogens with zero attached hydrogens (tertiary/aromatic N) is 2. The van der Waals surface area contributed by atoms with Gasteiger partial charge in [-0.25, -0.2) is 13.8 Å². The summed E-state index contributed by atoms with van der Waals surface area (Å²) in [5, 5.41) is 2.70. The molecule has 1 N–H and O–H groups in total. The lowest BCUT2D eigenvalue weighted by atomic mass is 10.1. The van der Waals surface area contributed by atoms with Gasteiger partial charge < -0.3 is 9.73 Å². The van der Waals surface area contributed by atoms with Gasteiger partial charge in [-0.15, -0.1) is 0 Å². The Bertz CT molecular complexity index is 1060. The van der Waals surface area contributed by atoms with Crippen LogP contribution in [-0.2, 0) is 4.79 Å². The zero-order chi connectivity index (χ0) is 19.0. The van der Waals surface area contributed by atoms with Crippen LogP contribution in [0, 0.1) is 25.5 Å². The highest BCUT2D eigenvalue weighted by Gasteiger charge is 2.24. The van der Waals surface area contributed by atoms with E-state index in [1.165, 1.54) is 10.9 Å². The molecule has 0 spiro atoms. The second-order valence-corrected chi connectivity index (χ2v) is 5.96. The fraction of sp³-hybridized carbons (Fsp3) is 0.278. The molecular formula is C18H17F2N3O3. The minimum atomic E-state index is -0.904. The highest BCUT2D eigenvalue weighted by atomic mass is 19.1. The van der Waals surface area contributed by atoms with E-state index in [0.29, 0.717) is 22.8 Å². The van der Waals surface area contributed by atoms with Crippen molar-refractivity contribution in [2.24, 2.45) is 0 Å². The molecule has 1 amide bonds. The van der Waals surface area contributed by atoms with Gasteiger partial charge in [0.2, 0.25) is 11.6 Å². The Morgan fingerprint density at radius 2 is 2.08 bits per heavy atom. The van der Waals surface area contributed by atoms with Crippen molar-refractivity contribution in [3.05, 3.63) is 57.8 Å². The van der Waals surface area contributed by atoms with Crippen molar-refractivity contribution >= 4 is 22.7 Å². The number of carbonyl (C=O) groups excluding carboxylic acids is 1. The summed E-state index contributed by atoms with van der Waals surface area (Å²) in [7, 11) is 0. The van der Waals surface area contributed by atoms with Gasteiger partial charge in [-0.1, -0.05) is 6.92 Å². The number of carbonyl (C=O) groups is 1. The van der Waals surface area contributed by atoms with Crippen LogP contribution < -0.4 is 10.9 Å². The maximum Gasteiger partial charge on any atom is 0.265 e. The number of hydrogen-bond donors (Lipinski definition) is 1. The Kier molecular flexibility index (Phi) is 4.58. The molecule has 1 atom stereocenters. The summed E-state index contributed by atoms with van der Waals surface area (Å²) >= 11 is 0. The number of aryl methyl sites for hydroxylation is 2. The van der Waals surface area contributed by atoms with Crippen LogP contribution >= 0.6 is 0 Å². The van der Waals surface area contributed by atoms with Crippen LogP contribution in [0.4, 0.5) is 14.5 Å². The molecule has 0 aliphatic carbocycles. The summed E-state index contributed by atoms with van der Waals surface area (Å²) in [6, 6.07) is 1.94. The molecule has 2 heterocycles. The van der Waals surface area contributed by atoms with Crippen molar-refractivity contribution in [1.29, 1.82) is 0 Å². The molecule has 26 heavy (non-hydrogen) atoms. The number of halogens is 2. The number of benzene rings is 1. The van der Waals surface area contributed by atoms with E-state index in [1.54, 1.807) is 20.8 Å². The van der Waals surface area contributed by atoms with Crippen LogP contribution in [0.2, 0.25) is 0 Å². The van der Waals surface area contributed by atoms with E-state index < -0.39 is 29.1 Å². The summed E-state index contributed by atoms with van der Waals surface area (Å²) in [6.07, 6.45) is 1.51. The fourth-order valence-electron chi connectivity index (χ4n) is 2.79. The molecular weight excluding hydrogens is 344 g/mol. The maximum absolute atomic E-state index is 13.8. The molecule has 0 aliphatic rings. The summed E-state index contributed by atoms with van der Waals surface area (Å²) in [6.45, 7) is 5.18. The van der Waals surface area contributed by atoms with Gasteiger partial charge in [-0.05, 0) is 32.4 Å². The van der Waals surface area contributed by atoms with Gasteiger partial charge in [0, 0.05) is 11.6 Å². The smallest absolute Gasteiger partial charge is 0.265 e. The van der Waals surface area contributed by atoms with Crippen LogP contribution in [0.25, 0.3) is 11.1 Å². The molecule has 8 heteroatoms. The van der Waals surface area contributed by atoms with Crippen LogP contribution in [0.5, 0.6) is 0 Å². The highest BCUT2D eigenvalue weighted by molar-refractivity contribution is 5.94. The van der Waals surface area contributed by atoms with Crippen molar-refractivity contribution in [2.75, 3.05) is 5.32 Å². The minimum absolute atomic E-state index is 0.160. The molecule has 0 bridgehead atoms. The zero-order valence-electron chi connectivity index (χ0n) is 14.5. The standard InChI is InChI=1S/C18H17F2N3O3/c1-4-14(16(24)22-13-6-5-11(19)7-12(13)20)23-8-21-17-15(18(23)25)9(2)10(3)26-17/h5-8,14H,4H2,1-3H3,(H,22,24). The van der Waals surface area contributed by atoms with E-state index in [2.05, 4.69) is 10.3 Å². The topological polar surface area (TPSA) is 77.1 Å². The first kappa shape index (κ1) is 17.8. The Labute approximate surface area is 147 Å². The predicted molar refractivity (Wildman–Crippen MR) is 92.1 cm³/mol. The quantitative estimate of drug-likeness (QED) is 0.772. The minimum Gasteiger partial charge on any atom is -0.443 e. The van der Waals surface area contributed by atoms with Gasteiger partial charge in [0.15, 0.2) is 0 Å².